The predicted octanol–water partition coefficient (Wildman–Crippen LogP) is 5.77. The van der Waals surface area contributed by atoms with Crippen molar-refractivity contribution in [2.45, 2.75) is 65.7 Å². The Morgan fingerprint density at radius 2 is 1.60 bits per heavy atom. The molecule has 1 aromatic heterocycles. The standard InChI is InChI=1S/C9H20.C8H7FN2/c1-3-5-7-9-8-6-4-2;1-5-10-7-3-2-6(9)4-8(7)11-5/h3-9H2,1-2H3;2-4H,1H3,(H,10,11). The average molecular weight is 278 g/mol. The van der Waals surface area contributed by atoms with E-state index in [9.17, 15) is 4.39 Å². The monoisotopic (exact) mass is 278 g/mol. The first-order valence-corrected chi connectivity index (χ1v) is 7.79. The Labute approximate surface area is 121 Å². The van der Waals surface area contributed by atoms with Crippen LogP contribution in [0.4, 0.5) is 4.39 Å². The van der Waals surface area contributed by atoms with Gasteiger partial charge in [-0.2, -0.15) is 0 Å². The molecule has 0 amide bonds. The second-order valence-corrected chi connectivity index (χ2v) is 5.25. The van der Waals surface area contributed by atoms with Crippen molar-refractivity contribution in [3.63, 3.8) is 0 Å². The lowest BCUT2D eigenvalue weighted by atomic mass is 10.1. The molecule has 2 aromatic rings. The van der Waals surface area contributed by atoms with E-state index < -0.39 is 0 Å². The van der Waals surface area contributed by atoms with E-state index in [1.165, 1.54) is 57.1 Å². The maximum absolute atomic E-state index is 12.6. The number of halogens is 1. The number of imidazole rings is 1. The van der Waals surface area contributed by atoms with Gasteiger partial charge in [0, 0.05) is 0 Å². The number of aromatic amines is 1. The van der Waals surface area contributed by atoms with Gasteiger partial charge in [0.15, 0.2) is 0 Å². The number of nitrogens with one attached hydrogen (secondary N) is 1. The first-order valence-electron chi connectivity index (χ1n) is 7.79. The number of rotatable bonds is 6. The highest BCUT2D eigenvalue weighted by Crippen LogP contribution is 2.11. The molecule has 1 N–H and O–H groups in total. The van der Waals surface area contributed by atoms with E-state index in [4.69, 9.17) is 0 Å². The number of hydrogen-bond acceptors (Lipinski definition) is 1. The van der Waals surface area contributed by atoms with Gasteiger partial charge in [-0.3, -0.25) is 0 Å². The third kappa shape index (κ3) is 6.18. The molecule has 0 atom stereocenters. The quantitative estimate of drug-likeness (QED) is 0.668. The Morgan fingerprint density at radius 3 is 2.20 bits per heavy atom. The summed E-state index contributed by atoms with van der Waals surface area (Å²) in [5.41, 5.74) is 1.56. The fourth-order valence-corrected chi connectivity index (χ4v) is 2.14. The van der Waals surface area contributed by atoms with Crippen LogP contribution in [0.2, 0.25) is 0 Å². The van der Waals surface area contributed by atoms with Crippen molar-refractivity contribution in [1.29, 1.82) is 0 Å². The van der Waals surface area contributed by atoms with Crippen molar-refractivity contribution in [2.75, 3.05) is 0 Å². The number of fused-ring (bicyclic) bond motifs is 1. The molecule has 2 nitrogen and oxygen atoms in total. The Bertz CT molecular complexity index is 485. The number of hydrogen-bond donors (Lipinski definition) is 1. The smallest absolute Gasteiger partial charge is 0.125 e. The molecule has 2 rings (SSSR count). The van der Waals surface area contributed by atoms with Crippen LogP contribution in [0.25, 0.3) is 11.0 Å². The number of aromatic nitrogens is 2. The summed E-state index contributed by atoms with van der Waals surface area (Å²) < 4.78 is 12.6. The van der Waals surface area contributed by atoms with Gasteiger partial charge < -0.3 is 4.98 Å². The van der Waals surface area contributed by atoms with Crippen LogP contribution in [-0.2, 0) is 0 Å². The third-order valence-corrected chi connectivity index (χ3v) is 3.27. The topological polar surface area (TPSA) is 28.7 Å². The van der Waals surface area contributed by atoms with Gasteiger partial charge in [-0.05, 0) is 25.1 Å². The summed E-state index contributed by atoms with van der Waals surface area (Å²) in [4.78, 5) is 7.08. The highest BCUT2D eigenvalue weighted by molar-refractivity contribution is 5.74. The van der Waals surface area contributed by atoms with Crippen LogP contribution in [0, 0.1) is 12.7 Å². The van der Waals surface area contributed by atoms with E-state index in [1.807, 2.05) is 6.92 Å². The fourth-order valence-electron chi connectivity index (χ4n) is 2.14. The lowest BCUT2D eigenvalue weighted by Gasteiger charge is -1.96. The van der Waals surface area contributed by atoms with E-state index in [1.54, 1.807) is 6.07 Å². The van der Waals surface area contributed by atoms with Gasteiger partial charge in [0.05, 0.1) is 11.0 Å². The fraction of sp³-hybridized carbons (Fsp3) is 0.588. The molecular weight excluding hydrogens is 251 g/mol. The number of aryl methyl sites for hydroxylation is 1. The van der Waals surface area contributed by atoms with E-state index in [2.05, 4.69) is 23.8 Å². The summed E-state index contributed by atoms with van der Waals surface area (Å²) in [5.74, 6) is 0.576. The minimum Gasteiger partial charge on any atom is -0.342 e. The minimum atomic E-state index is -0.235. The minimum absolute atomic E-state index is 0.235. The number of benzene rings is 1. The van der Waals surface area contributed by atoms with Crippen LogP contribution in [0.5, 0.6) is 0 Å². The second kappa shape index (κ2) is 9.51. The van der Waals surface area contributed by atoms with Crippen LogP contribution in [-0.4, -0.2) is 9.97 Å². The predicted molar refractivity (Wildman–Crippen MR) is 84.5 cm³/mol. The van der Waals surface area contributed by atoms with Crippen molar-refractivity contribution in [1.82, 2.24) is 9.97 Å². The molecule has 0 fully saturated rings. The van der Waals surface area contributed by atoms with Crippen molar-refractivity contribution in [3.05, 3.63) is 29.8 Å². The van der Waals surface area contributed by atoms with Crippen molar-refractivity contribution in [2.24, 2.45) is 0 Å². The molecule has 1 heterocycles. The molecule has 0 aliphatic carbocycles. The highest BCUT2D eigenvalue weighted by atomic mass is 19.1. The van der Waals surface area contributed by atoms with Gasteiger partial charge in [-0.25, -0.2) is 9.37 Å². The molecule has 20 heavy (non-hydrogen) atoms. The Kier molecular flexibility index (Phi) is 7.93. The number of H-pyrrole nitrogens is 1. The zero-order valence-electron chi connectivity index (χ0n) is 13.0. The van der Waals surface area contributed by atoms with E-state index >= 15 is 0 Å². The Balaban J connectivity index is 0.000000206. The molecule has 0 aliphatic rings. The zero-order chi connectivity index (χ0) is 14.8. The highest BCUT2D eigenvalue weighted by Gasteiger charge is 1.98. The lowest BCUT2D eigenvalue weighted by Crippen LogP contribution is -1.76. The summed E-state index contributed by atoms with van der Waals surface area (Å²) in [6, 6.07) is 4.51. The van der Waals surface area contributed by atoms with E-state index in [0.29, 0.717) is 0 Å². The van der Waals surface area contributed by atoms with Gasteiger partial charge in [-0.1, -0.05) is 58.8 Å². The summed E-state index contributed by atoms with van der Waals surface area (Å²) in [5, 5.41) is 0. The summed E-state index contributed by atoms with van der Waals surface area (Å²) in [7, 11) is 0. The van der Waals surface area contributed by atoms with Gasteiger partial charge in [0.2, 0.25) is 0 Å². The zero-order valence-corrected chi connectivity index (χ0v) is 13.0. The van der Waals surface area contributed by atoms with E-state index in [0.717, 1.165) is 16.9 Å². The van der Waals surface area contributed by atoms with Gasteiger partial charge >= 0.3 is 0 Å². The Hall–Kier alpha value is -1.38. The van der Waals surface area contributed by atoms with Crippen molar-refractivity contribution >= 4 is 11.0 Å². The van der Waals surface area contributed by atoms with Gasteiger partial charge in [0.1, 0.15) is 11.6 Å². The van der Waals surface area contributed by atoms with Crippen molar-refractivity contribution in [3.8, 4) is 0 Å². The first-order chi connectivity index (χ1) is 9.67. The summed E-state index contributed by atoms with van der Waals surface area (Å²) >= 11 is 0. The van der Waals surface area contributed by atoms with Gasteiger partial charge in [-0.15, -0.1) is 0 Å². The first kappa shape index (κ1) is 16.7. The molecule has 0 bridgehead atoms. The average Bonchev–Trinajstić information content (AvgIpc) is 2.79. The van der Waals surface area contributed by atoms with Crippen LogP contribution >= 0.6 is 0 Å². The second-order valence-electron chi connectivity index (χ2n) is 5.25. The molecule has 3 heteroatoms. The maximum atomic E-state index is 12.6. The Morgan fingerprint density at radius 1 is 1.00 bits per heavy atom. The van der Waals surface area contributed by atoms with Gasteiger partial charge in [0.25, 0.3) is 0 Å². The molecule has 0 unspecified atom stereocenters. The van der Waals surface area contributed by atoms with E-state index in [-0.39, 0.29) is 5.82 Å². The molecule has 1 aromatic carbocycles. The third-order valence-electron chi connectivity index (χ3n) is 3.27. The van der Waals surface area contributed by atoms with Crippen LogP contribution in [0.3, 0.4) is 0 Å². The molecule has 0 spiro atoms. The molecule has 112 valence electrons. The normalized spacial score (nSPS) is 10.4. The maximum Gasteiger partial charge on any atom is 0.125 e. The van der Waals surface area contributed by atoms with Crippen LogP contribution in [0.15, 0.2) is 18.2 Å². The van der Waals surface area contributed by atoms with Crippen molar-refractivity contribution < 1.29 is 4.39 Å². The largest absolute Gasteiger partial charge is 0.342 e. The van der Waals surface area contributed by atoms with Crippen LogP contribution in [0.1, 0.15) is 64.6 Å². The molecule has 0 saturated carbocycles. The number of nitrogens with zero attached hydrogens (tertiary/aromatic N) is 1. The molecule has 0 radical (unpaired) electrons. The number of unbranched alkanes of at least 4 members (excludes halogenated alkanes) is 6. The molecular formula is C17H27FN2. The van der Waals surface area contributed by atoms with Crippen LogP contribution < -0.4 is 0 Å². The summed E-state index contributed by atoms with van der Waals surface area (Å²) in [6.07, 6.45) is 9.97. The lowest BCUT2D eigenvalue weighted by molar-refractivity contribution is 0.602. The molecule has 0 saturated heterocycles. The summed E-state index contributed by atoms with van der Waals surface area (Å²) in [6.45, 7) is 6.37. The SMILES string of the molecule is CCCCCCCCC.Cc1nc2ccc(F)cc2[nH]1. The molecule has 0 aliphatic heterocycles.